The van der Waals surface area contributed by atoms with Gasteiger partial charge in [0, 0.05) is 10.9 Å². The first-order chi connectivity index (χ1) is 11.3. The minimum atomic E-state index is -4.55. The predicted octanol–water partition coefficient (Wildman–Crippen LogP) is 4.67. The largest absolute Gasteiger partial charge is 0.416 e. The van der Waals surface area contributed by atoms with Crippen LogP contribution in [0.2, 0.25) is 5.15 Å². The van der Waals surface area contributed by atoms with Gasteiger partial charge in [-0.3, -0.25) is 4.79 Å². The van der Waals surface area contributed by atoms with E-state index in [4.69, 9.17) is 11.6 Å². The minimum Gasteiger partial charge on any atom is -0.285 e. The number of halogens is 5. The van der Waals surface area contributed by atoms with E-state index < -0.39 is 23.3 Å². The molecule has 122 valence electrons. The van der Waals surface area contributed by atoms with Gasteiger partial charge in [-0.2, -0.15) is 13.2 Å². The molecule has 0 radical (unpaired) electrons. The van der Waals surface area contributed by atoms with Crippen LogP contribution >= 0.6 is 11.6 Å². The van der Waals surface area contributed by atoms with Crippen LogP contribution in [0.1, 0.15) is 21.7 Å². The van der Waals surface area contributed by atoms with E-state index in [9.17, 15) is 22.4 Å². The van der Waals surface area contributed by atoms with Gasteiger partial charge in [0.15, 0.2) is 0 Å². The van der Waals surface area contributed by atoms with E-state index in [1.165, 1.54) is 12.1 Å². The second kappa shape index (κ2) is 5.83. The number of alkyl halides is 3. The molecule has 0 saturated carbocycles. The number of ketones is 1. The average Bonchev–Trinajstić information content (AvgIpc) is 2.53. The molecule has 3 rings (SSSR count). The number of fused-ring (bicyclic) bond motifs is 1. The highest BCUT2D eigenvalue weighted by Gasteiger charge is 2.31. The van der Waals surface area contributed by atoms with Gasteiger partial charge in [-0.1, -0.05) is 11.6 Å². The van der Waals surface area contributed by atoms with Crippen LogP contribution in [0.15, 0.2) is 42.5 Å². The molecule has 3 aromatic rings. The number of nitrogens with zero attached hydrogens (tertiary/aromatic N) is 2. The van der Waals surface area contributed by atoms with Crippen molar-refractivity contribution in [2.45, 2.75) is 6.18 Å². The lowest BCUT2D eigenvalue weighted by Gasteiger charge is -2.09. The fraction of sp³-hybridized carbons (Fsp3) is 0.0625. The van der Waals surface area contributed by atoms with E-state index in [2.05, 4.69) is 9.97 Å². The molecular formula is C16H7ClF4N2O. The molecule has 24 heavy (non-hydrogen) atoms. The molecule has 1 aromatic heterocycles. The number of hydrogen-bond donors (Lipinski definition) is 0. The molecule has 0 N–H and O–H groups in total. The van der Waals surface area contributed by atoms with Crippen molar-refractivity contribution in [3.63, 3.8) is 0 Å². The van der Waals surface area contributed by atoms with Crippen molar-refractivity contribution >= 4 is 28.3 Å². The van der Waals surface area contributed by atoms with Crippen LogP contribution in [0, 0.1) is 5.82 Å². The highest BCUT2D eigenvalue weighted by atomic mass is 35.5. The summed E-state index contributed by atoms with van der Waals surface area (Å²) in [5.41, 5.74) is -0.918. The Kier molecular flexibility index (Phi) is 3.96. The molecule has 1 heterocycles. The Labute approximate surface area is 137 Å². The quantitative estimate of drug-likeness (QED) is 0.381. The third-order valence-electron chi connectivity index (χ3n) is 3.29. The molecule has 0 aliphatic carbocycles. The standard InChI is InChI=1S/C16H7ClF4N2O/c17-14-11-6-3-9(16(19,20)21)7-12(11)22-15(23-14)13(24)8-1-4-10(18)5-2-8/h1-7H. The lowest BCUT2D eigenvalue weighted by Crippen LogP contribution is -2.09. The van der Waals surface area contributed by atoms with E-state index in [0.29, 0.717) is 0 Å². The van der Waals surface area contributed by atoms with E-state index in [1.54, 1.807) is 0 Å². The van der Waals surface area contributed by atoms with Crippen molar-refractivity contribution in [2.75, 3.05) is 0 Å². The molecule has 0 aliphatic rings. The number of benzene rings is 2. The van der Waals surface area contributed by atoms with Gasteiger partial charge in [-0.05, 0) is 42.5 Å². The highest BCUT2D eigenvalue weighted by molar-refractivity contribution is 6.34. The van der Waals surface area contributed by atoms with E-state index in [-0.39, 0.29) is 27.4 Å². The predicted molar refractivity (Wildman–Crippen MR) is 79.4 cm³/mol. The summed E-state index contributed by atoms with van der Waals surface area (Å²) in [4.78, 5) is 20.0. The maximum atomic E-state index is 12.9. The van der Waals surface area contributed by atoms with E-state index in [0.717, 1.165) is 30.3 Å². The van der Waals surface area contributed by atoms with Crippen LogP contribution in [0.5, 0.6) is 0 Å². The molecule has 0 aliphatic heterocycles. The Balaban J connectivity index is 2.11. The molecule has 0 saturated heterocycles. The summed E-state index contributed by atoms with van der Waals surface area (Å²) in [5, 5.41) is 0.0551. The topological polar surface area (TPSA) is 42.9 Å². The number of carbonyl (C=O) groups is 1. The fourth-order valence-electron chi connectivity index (χ4n) is 2.10. The zero-order valence-electron chi connectivity index (χ0n) is 11.7. The van der Waals surface area contributed by atoms with Crippen molar-refractivity contribution in [3.05, 3.63) is 70.4 Å². The van der Waals surface area contributed by atoms with Gasteiger partial charge in [-0.25, -0.2) is 14.4 Å². The number of hydrogen-bond acceptors (Lipinski definition) is 3. The maximum Gasteiger partial charge on any atom is 0.416 e. The fourth-order valence-corrected chi connectivity index (χ4v) is 2.34. The summed E-state index contributed by atoms with van der Waals surface area (Å²) >= 11 is 5.94. The summed E-state index contributed by atoms with van der Waals surface area (Å²) in [6, 6.07) is 7.42. The van der Waals surface area contributed by atoms with Gasteiger partial charge in [-0.15, -0.1) is 0 Å². The van der Waals surface area contributed by atoms with Gasteiger partial charge in [0.05, 0.1) is 11.1 Å². The first-order valence-corrected chi connectivity index (χ1v) is 6.98. The molecule has 3 nitrogen and oxygen atoms in total. The summed E-state index contributed by atoms with van der Waals surface area (Å²) in [5.74, 6) is -1.56. The SMILES string of the molecule is O=C(c1ccc(F)cc1)c1nc(Cl)c2ccc(C(F)(F)F)cc2n1. The van der Waals surface area contributed by atoms with Crippen LogP contribution in [-0.4, -0.2) is 15.8 Å². The Morgan fingerprint density at radius 2 is 1.67 bits per heavy atom. The van der Waals surface area contributed by atoms with Crippen molar-refractivity contribution < 1.29 is 22.4 Å². The molecular weight excluding hydrogens is 348 g/mol. The van der Waals surface area contributed by atoms with Crippen LogP contribution in [0.3, 0.4) is 0 Å². The van der Waals surface area contributed by atoms with E-state index in [1.807, 2.05) is 0 Å². The van der Waals surface area contributed by atoms with Crippen LogP contribution < -0.4 is 0 Å². The first kappa shape index (κ1) is 16.3. The summed E-state index contributed by atoms with van der Waals surface area (Å²) in [6.07, 6.45) is -4.55. The maximum absolute atomic E-state index is 12.9. The Morgan fingerprint density at radius 1 is 1.00 bits per heavy atom. The van der Waals surface area contributed by atoms with Crippen molar-refractivity contribution in [3.8, 4) is 0 Å². The van der Waals surface area contributed by atoms with Gasteiger partial charge in [0.25, 0.3) is 0 Å². The van der Waals surface area contributed by atoms with Gasteiger partial charge >= 0.3 is 6.18 Å². The average molecular weight is 355 g/mol. The van der Waals surface area contributed by atoms with Crippen LogP contribution in [0.25, 0.3) is 10.9 Å². The lowest BCUT2D eigenvalue weighted by atomic mass is 10.1. The normalized spacial score (nSPS) is 11.7. The monoisotopic (exact) mass is 354 g/mol. The van der Waals surface area contributed by atoms with E-state index >= 15 is 0 Å². The van der Waals surface area contributed by atoms with Gasteiger partial charge in [0.2, 0.25) is 11.6 Å². The molecule has 2 aromatic carbocycles. The smallest absolute Gasteiger partial charge is 0.285 e. The van der Waals surface area contributed by atoms with Crippen molar-refractivity contribution in [1.29, 1.82) is 0 Å². The molecule has 0 amide bonds. The van der Waals surface area contributed by atoms with Gasteiger partial charge < -0.3 is 0 Å². The van der Waals surface area contributed by atoms with Crippen LogP contribution in [0.4, 0.5) is 17.6 Å². The zero-order valence-corrected chi connectivity index (χ0v) is 12.5. The second-order valence-electron chi connectivity index (χ2n) is 4.90. The van der Waals surface area contributed by atoms with Gasteiger partial charge in [0.1, 0.15) is 11.0 Å². The molecule has 0 fully saturated rings. The minimum absolute atomic E-state index is 0.0961. The molecule has 0 atom stereocenters. The van der Waals surface area contributed by atoms with Crippen LogP contribution in [-0.2, 0) is 6.18 Å². The molecule has 8 heteroatoms. The molecule has 0 spiro atoms. The highest BCUT2D eigenvalue weighted by Crippen LogP contribution is 2.32. The Morgan fingerprint density at radius 3 is 2.29 bits per heavy atom. The number of rotatable bonds is 2. The third kappa shape index (κ3) is 3.07. The Hall–Kier alpha value is -2.54. The number of carbonyl (C=O) groups excluding carboxylic acids is 1. The summed E-state index contributed by atoms with van der Waals surface area (Å²) < 4.78 is 51.3. The second-order valence-corrected chi connectivity index (χ2v) is 5.26. The molecule has 0 unspecified atom stereocenters. The lowest BCUT2D eigenvalue weighted by molar-refractivity contribution is -0.137. The Bertz CT molecular complexity index is 939. The third-order valence-corrected chi connectivity index (χ3v) is 3.58. The summed E-state index contributed by atoms with van der Waals surface area (Å²) in [6.45, 7) is 0. The van der Waals surface area contributed by atoms with Crippen molar-refractivity contribution in [2.24, 2.45) is 0 Å². The summed E-state index contributed by atoms with van der Waals surface area (Å²) in [7, 11) is 0. The first-order valence-electron chi connectivity index (χ1n) is 6.60. The van der Waals surface area contributed by atoms with Crippen molar-refractivity contribution in [1.82, 2.24) is 9.97 Å². The zero-order chi connectivity index (χ0) is 17.5. The number of aromatic nitrogens is 2. The molecule has 0 bridgehead atoms.